The highest BCUT2D eigenvalue weighted by atomic mass is 16.6. The van der Waals surface area contributed by atoms with Gasteiger partial charge >= 0.3 is 0 Å². The summed E-state index contributed by atoms with van der Waals surface area (Å²) in [6, 6.07) is 6.90. The first-order valence-corrected chi connectivity index (χ1v) is 6.68. The van der Waals surface area contributed by atoms with Crippen molar-refractivity contribution < 1.29 is 4.92 Å². The molecule has 0 fully saturated rings. The van der Waals surface area contributed by atoms with Crippen LogP contribution in [0.5, 0.6) is 0 Å². The topological polar surface area (TPSA) is 55.2 Å². The van der Waals surface area contributed by atoms with Gasteiger partial charge in [-0.05, 0) is 13.0 Å². The first-order chi connectivity index (χ1) is 8.75. The van der Waals surface area contributed by atoms with Gasteiger partial charge < -0.3 is 5.32 Å². The van der Waals surface area contributed by atoms with E-state index in [0.717, 1.165) is 18.5 Å². The third-order valence-electron chi connectivity index (χ3n) is 2.96. The van der Waals surface area contributed by atoms with Crippen molar-refractivity contribution in [2.24, 2.45) is 0 Å². The van der Waals surface area contributed by atoms with Crippen molar-refractivity contribution in [2.45, 2.75) is 45.6 Å². The molecule has 0 aliphatic rings. The van der Waals surface area contributed by atoms with Gasteiger partial charge in [0, 0.05) is 18.2 Å². The summed E-state index contributed by atoms with van der Waals surface area (Å²) < 4.78 is 0. The van der Waals surface area contributed by atoms with Crippen molar-refractivity contribution in [1.82, 2.24) is 5.32 Å². The van der Waals surface area contributed by atoms with Gasteiger partial charge in [-0.15, -0.1) is 0 Å². The van der Waals surface area contributed by atoms with Gasteiger partial charge in [0.2, 0.25) is 0 Å². The van der Waals surface area contributed by atoms with Crippen LogP contribution in [-0.2, 0) is 6.54 Å². The molecule has 0 saturated heterocycles. The first kappa shape index (κ1) is 14.6. The molecule has 0 heterocycles. The van der Waals surface area contributed by atoms with Crippen LogP contribution >= 0.6 is 0 Å². The van der Waals surface area contributed by atoms with Crippen LogP contribution in [0.15, 0.2) is 24.3 Å². The highest BCUT2D eigenvalue weighted by Crippen LogP contribution is 2.17. The maximum absolute atomic E-state index is 10.8. The van der Waals surface area contributed by atoms with Crippen LogP contribution in [0.3, 0.4) is 0 Å². The van der Waals surface area contributed by atoms with Gasteiger partial charge in [0.25, 0.3) is 5.69 Å². The predicted octanol–water partition coefficient (Wildman–Crippen LogP) is 3.65. The zero-order valence-corrected chi connectivity index (χ0v) is 11.0. The number of unbranched alkanes of at least 4 members (excludes halogenated alkanes) is 4. The summed E-state index contributed by atoms with van der Waals surface area (Å²) in [6.07, 6.45) is 6.20. The second-order valence-electron chi connectivity index (χ2n) is 4.48. The van der Waals surface area contributed by atoms with Gasteiger partial charge in [0.05, 0.1) is 4.92 Å². The molecule has 100 valence electrons. The lowest BCUT2D eigenvalue weighted by Gasteiger charge is -2.05. The lowest BCUT2D eigenvalue weighted by Crippen LogP contribution is -2.15. The zero-order chi connectivity index (χ0) is 13.2. The molecule has 1 rings (SSSR count). The molecule has 0 bridgehead atoms. The normalized spacial score (nSPS) is 10.5. The number of benzene rings is 1. The van der Waals surface area contributed by atoms with Crippen LogP contribution < -0.4 is 5.32 Å². The van der Waals surface area contributed by atoms with Crippen LogP contribution in [-0.4, -0.2) is 11.5 Å². The van der Waals surface area contributed by atoms with E-state index in [-0.39, 0.29) is 10.6 Å². The second kappa shape index (κ2) is 8.64. The van der Waals surface area contributed by atoms with Gasteiger partial charge in [-0.2, -0.15) is 0 Å². The largest absolute Gasteiger partial charge is 0.312 e. The van der Waals surface area contributed by atoms with Gasteiger partial charge in [-0.1, -0.05) is 50.8 Å². The molecular weight excluding hydrogens is 228 g/mol. The van der Waals surface area contributed by atoms with Gasteiger partial charge in [0.15, 0.2) is 0 Å². The molecule has 0 radical (unpaired) electrons. The predicted molar refractivity (Wildman–Crippen MR) is 73.6 cm³/mol. The van der Waals surface area contributed by atoms with Gasteiger partial charge in [0.1, 0.15) is 0 Å². The molecule has 0 aliphatic heterocycles. The number of rotatable bonds is 9. The van der Waals surface area contributed by atoms with E-state index in [2.05, 4.69) is 12.2 Å². The third-order valence-corrected chi connectivity index (χ3v) is 2.96. The fraction of sp³-hybridized carbons (Fsp3) is 0.571. The Bertz CT molecular complexity index is 367. The molecular formula is C14H22N2O2. The number of hydrogen-bond acceptors (Lipinski definition) is 3. The molecule has 1 aromatic carbocycles. The Balaban J connectivity index is 2.25. The molecule has 0 atom stereocenters. The molecule has 0 amide bonds. The van der Waals surface area contributed by atoms with Gasteiger partial charge in [-0.3, -0.25) is 10.1 Å². The molecule has 0 unspecified atom stereocenters. The Morgan fingerprint density at radius 2 is 1.89 bits per heavy atom. The summed E-state index contributed by atoms with van der Waals surface area (Å²) in [5.74, 6) is 0. The minimum Gasteiger partial charge on any atom is -0.312 e. The Labute approximate surface area is 109 Å². The highest BCUT2D eigenvalue weighted by Gasteiger charge is 2.10. The fourth-order valence-electron chi connectivity index (χ4n) is 1.92. The average Bonchev–Trinajstić information content (AvgIpc) is 2.38. The van der Waals surface area contributed by atoms with E-state index in [1.54, 1.807) is 12.1 Å². The maximum Gasteiger partial charge on any atom is 0.273 e. The van der Waals surface area contributed by atoms with Crippen molar-refractivity contribution >= 4 is 5.69 Å². The number of nitrogens with one attached hydrogen (secondary N) is 1. The lowest BCUT2D eigenvalue weighted by atomic mass is 10.1. The van der Waals surface area contributed by atoms with E-state index in [1.807, 2.05) is 12.1 Å². The molecule has 0 aliphatic carbocycles. The summed E-state index contributed by atoms with van der Waals surface area (Å²) in [4.78, 5) is 10.5. The summed E-state index contributed by atoms with van der Waals surface area (Å²) in [5.41, 5.74) is 0.965. The van der Waals surface area contributed by atoms with Crippen LogP contribution in [0, 0.1) is 10.1 Å². The van der Waals surface area contributed by atoms with E-state index in [1.165, 1.54) is 25.7 Å². The Morgan fingerprint density at radius 3 is 2.61 bits per heavy atom. The second-order valence-corrected chi connectivity index (χ2v) is 4.48. The van der Waals surface area contributed by atoms with Gasteiger partial charge in [-0.25, -0.2) is 0 Å². The van der Waals surface area contributed by atoms with Crippen molar-refractivity contribution in [3.63, 3.8) is 0 Å². The minimum absolute atomic E-state index is 0.205. The number of nitro benzene ring substituents is 1. The summed E-state index contributed by atoms with van der Waals surface area (Å²) in [6.45, 7) is 3.70. The van der Waals surface area contributed by atoms with E-state index < -0.39 is 0 Å². The summed E-state index contributed by atoms with van der Waals surface area (Å²) >= 11 is 0. The molecule has 4 heteroatoms. The molecule has 0 aromatic heterocycles. The molecule has 18 heavy (non-hydrogen) atoms. The van der Waals surface area contributed by atoms with Crippen LogP contribution in [0.4, 0.5) is 5.69 Å². The third kappa shape index (κ3) is 5.27. The van der Waals surface area contributed by atoms with Crippen molar-refractivity contribution in [2.75, 3.05) is 6.54 Å². The minimum atomic E-state index is -0.321. The van der Waals surface area contributed by atoms with E-state index in [9.17, 15) is 10.1 Å². The smallest absolute Gasteiger partial charge is 0.273 e. The van der Waals surface area contributed by atoms with Crippen LogP contribution in [0.25, 0.3) is 0 Å². The standard InChI is InChI=1S/C14H22N2O2/c1-2-3-4-5-8-11-15-12-13-9-6-7-10-14(13)16(17)18/h6-7,9-10,15H,2-5,8,11-12H2,1H3. The zero-order valence-electron chi connectivity index (χ0n) is 11.0. The molecule has 0 spiro atoms. The number of nitro groups is 1. The highest BCUT2D eigenvalue weighted by molar-refractivity contribution is 5.39. The van der Waals surface area contributed by atoms with Crippen molar-refractivity contribution in [1.29, 1.82) is 0 Å². The summed E-state index contributed by atoms with van der Waals surface area (Å²) in [5, 5.41) is 14.1. The van der Waals surface area contributed by atoms with E-state index in [4.69, 9.17) is 0 Å². The number of para-hydroxylation sites is 1. The Hall–Kier alpha value is -1.42. The number of nitrogens with zero attached hydrogens (tertiary/aromatic N) is 1. The average molecular weight is 250 g/mol. The number of hydrogen-bond donors (Lipinski definition) is 1. The first-order valence-electron chi connectivity index (χ1n) is 6.68. The van der Waals surface area contributed by atoms with E-state index in [0.29, 0.717) is 6.54 Å². The maximum atomic E-state index is 10.8. The molecule has 1 N–H and O–H groups in total. The quantitative estimate of drug-likeness (QED) is 0.413. The molecule has 4 nitrogen and oxygen atoms in total. The Morgan fingerprint density at radius 1 is 1.17 bits per heavy atom. The van der Waals surface area contributed by atoms with Crippen molar-refractivity contribution in [3.05, 3.63) is 39.9 Å². The SMILES string of the molecule is CCCCCCCNCc1ccccc1[N+](=O)[O-]. The van der Waals surface area contributed by atoms with Crippen LogP contribution in [0.2, 0.25) is 0 Å². The monoisotopic (exact) mass is 250 g/mol. The molecule has 1 aromatic rings. The fourth-order valence-corrected chi connectivity index (χ4v) is 1.92. The Kier molecular flexibility index (Phi) is 7.03. The van der Waals surface area contributed by atoms with E-state index >= 15 is 0 Å². The van der Waals surface area contributed by atoms with Crippen LogP contribution in [0.1, 0.15) is 44.6 Å². The summed E-state index contributed by atoms with van der Waals surface area (Å²) in [7, 11) is 0. The van der Waals surface area contributed by atoms with Crippen molar-refractivity contribution in [3.8, 4) is 0 Å². The molecule has 0 saturated carbocycles. The lowest BCUT2D eigenvalue weighted by molar-refractivity contribution is -0.385.